The fourth-order valence-corrected chi connectivity index (χ4v) is 10.1. The largest absolute Gasteiger partial charge is 0.474 e. The number of thiophene rings is 1. The average Bonchev–Trinajstić information content (AvgIpc) is 3.69. The number of aliphatic hydroxyl groups is 1. The number of nitrogens with zero attached hydrogens (tertiary/aromatic N) is 8. The molecule has 0 aromatic carbocycles. The number of hydrogen-bond donors (Lipinski definition) is 2. The van der Waals surface area contributed by atoms with Crippen LogP contribution >= 0.6 is 11.3 Å². The summed E-state index contributed by atoms with van der Waals surface area (Å²) >= 11 is 1.55. The first kappa shape index (κ1) is 29.4. The summed E-state index contributed by atoms with van der Waals surface area (Å²) in [5.41, 5.74) is 9.13. The normalized spacial score (nSPS) is 28.1. The number of ether oxygens (including phenoxy) is 1. The van der Waals surface area contributed by atoms with Gasteiger partial charge in [0.25, 0.3) is 0 Å². The molecular weight excluding hydrogens is 615 g/mol. The minimum Gasteiger partial charge on any atom is -0.474 e. The van der Waals surface area contributed by atoms with Gasteiger partial charge < -0.3 is 25.0 Å². The van der Waals surface area contributed by atoms with Crippen LogP contribution in [0.25, 0.3) is 22.6 Å². The van der Waals surface area contributed by atoms with Crippen molar-refractivity contribution in [3.05, 3.63) is 27.3 Å². The van der Waals surface area contributed by atoms with Crippen molar-refractivity contribution in [1.82, 2.24) is 29.8 Å². The second-order valence-corrected chi connectivity index (χ2v) is 15.8. The number of aromatic nitrogens is 5. The average molecular weight is 656 g/mol. The van der Waals surface area contributed by atoms with E-state index >= 15 is 0 Å². The first-order valence-corrected chi connectivity index (χ1v) is 18.0. The van der Waals surface area contributed by atoms with Gasteiger partial charge in [-0.25, -0.2) is 14.6 Å². The Morgan fingerprint density at radius 3 is 2.68 bits per heavy atom. The van der Waals surface area contributed by atoms with Crippen LogP contribution in [0.1, 0.15) is 99.1 Å². The Kier molecular flexibility index (Phi) is 6.50. The van der Waals surface area contributed by atoms with Gasteiger partial charge in [0.15, 0.2) is 22.9 Å². The van der Waals surface area contributed by atoms with Crippen LogP contribution in [0, 0.1) is 11.3 Å². The number of hydrogen-bond acceptors (Lipinski definition) is 12. The molecule has 9 rings (SSSR count). The maximum atomic E-state index is 11.2. The van der Waals surface area contributed by atoms with Gasteiger partial charge in [0, 0.05) is 23.0 Å². The number of fused-ring (bicyclic) bond motifs is 6. The van der Waals surface area contributed by atoms with E-state index in [1.807, 2.05) is 11.6 Å². The van der Waals surface area contributed by atoms with Crippen LogP contribution < -0.4 is 15.4 Å². The van der Waals surface area contributed by atoms with Gasteiger partial charge in [0.05, 0.1) is 28.7 Å². The Hall–Kier alpha value is -3.73. The standard InChI is InChI=1S/C34H41N9O3S/c1-18(41-13-6-14-41)19(2)43-31-24-30(42-17-33(3,44)12-9-20(42)16-45-32(24)39-43)37-29(38-31)26-21-7-4-10-34(27(21)46-40-26)11-5-8-23-25(34)22(15-35)28(36)47-23/h18-20,44H,4-14,16-17,36H2,1-3H3/t18-,19-,20+,33+,34-/m0/s1. The maximum absolute atomic E-state index is 11.2. The van der Waals surface area contributed by atoms with Crippen LogP contribution in [0.4, 0.5) is 10.8 Å². The van der Waals surface area contributed by atoms with E-state index in [0.29, 0.717) is 53.2 Å². The van der Waals surface area contributed by atoms with Crippen LogP contribution in [0.5, 0.6) is 5.88 Å². The zero-order chi connectivity index (χ0) is 32.2. The van der Waals surface area contributed by atoms with Crippen LogP contribution in [0.15, 0.2) is 4.52 Å². The summed E-state index contributed by atoms with van der Waals surface area (Å²) in [7, 11) is 0. The van der Waals surface area contributed by atoms with Gasteiger partial charge in [-0.2, -0.15) is 5.26 Å². The highest BCUT2D eigenvalue weighted by atomic mass is 32.1. The topological polar surface area (TPSA) is 155 Å². The van der Waals surface area contributed by atoms with Gasteiger partial charge in [0.1, 0.15) is 28.9 Å². The third-order valence-corrected chi connectivity index (χ3v) is 12.9. The Bertz CT molecular complexity index is 1950. The lowest BCUT2D eigenvalue weighted by molar-refractivity contribution is 0.0321. The molecule has 3 aliphatic heterocycles. The number of nitrogen functional groups attached to an aromatic ring is 1. The molecule has 7 heterocycles. The molecule has 2 saturated heterocycles. The zero-order valence-electron chi connectivity index (χ0n) is 27.3. The highest BCUT2D eigenvalue weighted by Gasteiger charge is 2.49. The molecule has 0 bridgehead atoms. The van der Waals surface area contributed by atoms with Crippen LogP contribution in [0.2, 0.25) is 0 Å². The Morgan fingerprint density at radius 1 is 1.11 bits per heavy atom. The second kappa shape index (κ2) is 10.4. The van der Waals surface area contributed by atoms with Crippen molar-refractivity contribution in [1.29, 1.82) is 5.26 Å². The van der Waals surface area contributed by atoms with Gasteiger partial charge in [0.2, 0.25) is 5.88 Å². The van der Waals surface area contributed by atoms with E-state index in [9.17, 15) is 10.4 Å². The molecular formula is C34H41N9O3S. The molecule has 2 fully saturated rings. The number of nitriles is 1. The zero-order valence-corrected chi connectivity index (χ0v) is 28.1. The molecule has 12 nitrogen and oxygen atoms in total. The van der Waals surface area contributed by atoms with Gasteiger partial charge in [-0.05, 0) is 97.2 Å². The highest BCUT2D eigenvalue weighted by Crippen LogP contribution is 2.55. The van der Waals surface area contributed by atoms with Crippen molar-refractivity contribution >= 4 is 33.2 Å². The molecule has 0 amide bonds. The first-order valence-electron chi connectivity index (χ1n) is 17.2. The molecule has 2 aliphatic carbocycles. The Balaban J connectivity index is 1.24. The number of nitrogens with two attached hydrogens (primary N) is 1. The lowest BCUT2D eigenvalue weighted by Gasteiger charge is -2.42. The molecule has 246 valence electrons. The van der Waals surface area contributed by atoms with Gasteiger partial charge in [-0.15, -0.1) is 16.4 Å². The number of aryl methyl sites for hydroxylation is 1. The fraction of sp³-hybridized carbons (Fsp3) is 0.618. The van der Waals surface area contributed by atoms with E-state index in [-0.39, 0.29) is 18.1 Å². The smallest absolute Gasteiger partial charge is 0.246 e. The summed E-state index contributed by atoms with van der Waals surface area (Å²) in [5.74, 6) is 2.61. The van der Waals surface area contributed by atoms with E-state index in [1.54, 1.807) is 11.3 Å². The summed E-state index contributed by atoms with van der Waals surface area (Å²) in [4.78, 5) is 16.4. The monoisotopic (exact) mass is 655 g/mol. The number of rotatable bonds is 4. The van der Waals surface area contributed by atoms with Crippen molar-refractivity contribution in [2.24, 2.45) is 0 Å². The molecule has 0 radical (unpaired) electrons. The summed E-state index contributed by atoms with van der Waals surface area (Å²) in [6.45, 7) is 9.43. The predicted molar refractivity (Wildman–Crippen MR) is 178 cm³/mol. The molecule has 0 unspecified atom stereocenters. The summed E-state index contributed by atoms with van der Waals surface area (Å²) in [6.07, 6.45) is 8.14. The molecule has 0 saturated carbocycles. The number of anilines is 2. The van der Waals surface area contributed by atoms with Crippen LogP contribution in [-0.4, -0.2) is 78.8 Å². The van der Waals surface area contributed by atoms with Gasteiger partial charge >= 0.3 is 0 Å². The van der Waals surface area contributed by atoms with Crippen molar-refractivity contribution < 1.29 is 14.4 Å². The molecule has 13 heteroatoms. The van der Waals surface area contributed by atoms with Crippen molar-refractivity contribution in [2.45, 2.75) is 108 Å². The SMILES string of the molecule is C[C@@H]([C@H](C)n1nc2c3c(nc(-c4noc5c4CCC[C@@]54CCCc5sc(N)c(C#N)c54)nc31)N1C[C@](C)(O)CC[C@@H]1CO2)N1CCC1. The fourth-order valence-electron chi connectivity index (χ4n) is 8.97. The van der Waals surface area contributed by atoms with E-state index in [1.165, 1.54) is 11.3 Å². The quantitative estimate of drug-likeness (QED) is 0.314. The predicted octanol–water partition coefficient (Wildman–Crippen LogP) is 4.72. The molecule has 4 aromatic heterocycles. The van der Waals surface area contributed by atoms with Gasteiger partial charge in [-0.3, -0.25) is 4.90 Å². The van der Waals surface area contributed by atoms with Crippen molar-refractivity contribution in [3.63, 3.8) is 0 Å². The molecule has 3 N–H and O–H groups in total. The minimum atomic E-state index is -0.854. The third kappa shape index (κ3) is 4.23. The maximum Gasteiger partial charge on any atom is 0.246 e. The van der Waals surface area contributed by atoms with Crippen LogP contribution in [0.3, 0.4) is 0 Å². The van der Waals surface area contributed by atoms with Crippen molar-refractivity contribution in [3.8, 4) is 23.5 Å². The number of likely N-dealkylation sites (tertiary alicyclic amines) is 1. The summed E-state index contributed by atoms with van der Waals surface area (Å²) in [6, 6.07) is 2.78. The van der Waals surface area contributed by atoms with Crippen molar-refractivity contribution in [2.75, 3.05) is 36.9 Å². The first-order chi connectivity index (χ1) is 22.7. The molecule has 47 heavy (non-hydrogen) atoms. The highest BCUT2D eigenvalue weighted by molar-refractivity contribution is 7.16. The van der Waals surface area contributed by atoms with E-state index in [4.69, 9.17) is 35.2 Å². The lowest BCUT2D eigenvalue weighted by atomic mass is 9.63. The van der Waals surface area contributed by atoms with E-state index in [2.05, 4.69) is 29.7 Å². The summed E-state index contributed by atoms with van der Waals surface area (Å²) < 4.78 is 14.8. The minimum absolute atomic E-state index is 0.0362. The summed E-state index contributed by atoms with van der Waals surface area (Å²) in [5, 5.41) is 32.6. The van der Waals surface area contributed by atoms with Crippen LogP contribution in [-0.2, 0) is 18.3 Å². The van der Waals surface area contributed by atoms with E-state index < -0.39 is 11.0 Å². The van der Waals surface area contributed by atoms with Gasteiger partial charge in [-0.1, -0.05) is 5.16 Å². The lowest BCUT2D eigenvalue weighted by Crippen LogP contribution is -2.53. The van der Waals surface area contributed by atoms with E-state index in [0.717, 1.165) is 86.1 Å². The molecule has 1 spiro atoms. The second-order valence-electron chi connectivity index (χ2n) is 14.7. The number of piperidine rings is 1. The molecule has 4 aromatic rings. The Labute approximate surface area is 277 Å². The third-order valence-electron chi connectivity index (χ3n) is 11.8. The Morgan fingerprint density at radius 2 is 1.91 bits per heavy atom. The molecule has 5 atom stereocenters. The molecule has 5 aliphatic rings.